The third-order valence-electron chi connectivity index (χ3n) is 4.83. The van der Waals surface area contributed by atoms with Crippen molar-refractivity contribution in [3.63, 3.8) is 0 Å². The fourth-order valence-corrected chi connectivity index (χ4v) is 3.20. The van der Waals surface area contributed by atoms with Crippen LogP contribution in [0, 0.1) is 6.92 Å². The maximum atomic E-state index is 13.0. The largest absolute Gasteiger partial charge is 0.325 e. The Hall–Kier alpha value is -3.51. The molecule has 146 valence electrons. The number of fused-ring (bicyclic) bond motifs is 1. The van der Waals surface area contributed by atoms with Crippen molar-refractivity contribution < 1.29 is 4.79 Å². The topological polar surface area (TPSA) is 71.8 Å². The van der Waals surface area contributed by atoms with Crippen LogP contribution in [0.4, 0.5) is 5.69 Å². The number of nitrogens with zero attached hydrogens (tertiary/aromatic N) is 3. The lowest BCUT2D eigenvalue weighted by molar-refractivity contribution is -0.118. The predicted octanol–water partition coefficient (Wildman–Crippen LogP) is 3.54. The molecule has 1 amide bonds. The van der Waals surface area contributed by atoms with Crippen molar-refractivity contribution in [1.29, 1.82) is 0 Å². The zero-order valence-electron chi connectivity index (χ0n) is 16.2. The predicted molar refractivity (Wildman–Crippen MR) is 114 cm³/mol. The first kappa shape index (κ1) is 18.8. The first-order valence-corrected chi connectivity index (χ1v) is 9.62. The van der Waals surface area contributed by atoms with E-state index in [1.807, 2.05) is 85.8 Å². The molecule has 0 radical (unpaired) electrons. The highest BCUT2D eigenvalue weighted by Gasteiger charge is 2.19. The van der Waals surface area contributed by atoms with E-state index in [9.17, 15) is 4.79 Å². The second-order valence-corrected chi connectivity index (χ2v) is 7.04. The van der Waals surface area contributed by atoms with Crippen molar-refractivity contribution in [2.45, 2.75) is 26.1 Å². The lowest BCUT2D eigenvalue weighted by Gasteiger charge is -2.19. The molecule has 0 spiro atoms. The minimum atomic E-state index is -0.415. The summed E-state index contributed by atoms with van der Waals surface area (Å²) < 4.78 is 1.77. The third kappa shape index (κ3) is 4.67. The van der Waals surface area contributed by atoms with Gasteiger partial charge in [-0.1, -0.05) is 65.4 Å². The van der Waals surface area contributed by atoms with Crippen LogP contribution in [0.2, 0.25) is 0 Å². The maximum Gasteiger partial charge on any atom is 0.241 e. The second-order valence-electron chi connectivity index (χ2n) is 7.04. The van der Waals surface area contributed by atoms with Gasteiger partial charge in [0.05, 0.1) is 18.2 Å². The summed E-state index contributed by atoms with van der Waals surface area (Å²) in [6, 6.07) is 25.1. The molecule has 6 heteroatoms. The fourth-order valence-electron chi connectivity index (χ4n) is 3.20. The molecule has 3 aromatic carbocycles. The molecule has 0 fully saturated rings. The Morgan fingerprint density at radius 3 is 2.48 bits per heavy atom. The number of aryl methyl sites for hydroxylation is 1. The molecule has 0 aliphatic heterocycles. The molecule has 0 bridgehead atoms. The number of hydrogen-bond donors (Lipinski definition) is 2. The smallest absolute Gasteiger partial charge is 0.241 e. The Bertz CT molecular complexity index is 1090. The van der Waals surface area contributed by atoms with Crippen molar-refractivity contribution in [2.75, 3.05) is 5.32 Å². The van der Waals surface area contributed by atoms with Crippen LogP contribution in [0.3, 0.4) is 0 Å². The van der Waals surface area contributed by atoms with Crippen LogP contribution in [-0.2, 0) is 17.9 Å². The molecule has 4 aromatic rings. The third-order valence-corrected chi connectivity index (χ3v) is 4.83. The van der Waals surface area contributed by atoms with E-state index in [0.717, 1.165) is 27.8 Å². The highest BCUT2D eigenvalue weighted by Crippen LogP contribution is 2.12. The van der Waals surface area contributed by atoms with Crippen LogP contribution >= 0.6 is 0 Å². The monoisotopic (exact) mass is 385 g/mol. The molecule has 4 rings (SSSR count). The van der Waals surface area contributed by atoms with E-state index in [-0.39, 0.29) is 5.91 Å². The second kappa shape index (κ2) is 8.67. The number of aromatic nitrogens is 3. The fraction of sp³-hybridized carbons (Fsp3) is 0.174. The molecule has 0 saturated carbocycles. The van der Waals surface area contributed by atoms with Gasteiger partial charge in [-0.2, -0.15) is 0 Å². The number of para-hydroxylation sites is 1. The zero-order valence-corrected chi connectivity index (χ0v) is 16.2. The van der Waals surface area contributed by atoms with Crippen molar-refractivity contribution in [2.24, 2.45) is 0 Å². The van der Waals surface area contributed by atoms with Crippen LogP contribution in [-0.4, -0.2) is 26.9 Å². The van der Waals surface area contributed by atoms with Crippen LogP contribution in [0.25, 0.3) is 11.0 Å². The van der Waals surface area contributed by atoms with Crippen molar-refractivity contribution in [3.05, 3.63) is 90.0 Å². The summed E-state index contributed by atoms with van der Waals surface area (Å²) in [6.45, 7) is 2.41. The molecule has 1 atom stereocenters. The number of anilines is 1. The number of hydrogen-bond acceptors (Lipinski definition) is 4. The van der Waals surface area contributed by atoms with E-state index in [0.29, 0.717) is 13.1 Å². The summed E-state index contributed by atoms with van der Waals surface area (Å²) in [5.41, 5.74) is 4.79. The van der Waals surface area contributed by atoms with Gasteiger partial charge in [0, 0.05) is 5.69 Å². The molecule has 1 unspecified atom stereocenters. The van der Waals surface area contributed by atoms with Crippen molar-refractivity contribution in [1.82, 2.24) is 20.3 Å². The average Bonchev–Trinajstić information content (AvgIpc) is 3.16. The minimum absolute atomic E-state index is 0.0814. The Morgan fingerprint density at radius 1 is 0.966 bits per heavy atom. The molecule has 1 heterocycles. The van der Waals surface area contributed by atoms with Gasteiger partial charge in [-0.3, -0.25) is 10.1 Å². The van der Waals surface area contributed by atoms with Gasteiger partial charge in [-0.05, 0) is 43.2 Å². The van der Waals surface area contributed by atoms with Crippen LogP contribution in [0.5, 0.6) is 0 Å². The standard InChI is InChI=1S/C23H23N5O/c1-17-11-13-19(14-12-17)25-23(29)21(15-18-7-3-2-4-8-18)24-16-28-22-10-6-5-9-20(22)26-27-28/h2-14,21,24H,15-16H2,1H3,(H,25,29). The lowest BCUT2D eigenvalue weighted by atomic mass is 10.1. The van der Waals surface area contributed by atoms with Gasteiger partial charge in [-0.15, -0.1) is 5.10 Å². The molecule has 1 aromatic heterocycles. The molecule has 0 aliphatic carbocycles. The van der Waals surface area contributed by atoms with Crippen molar-refractivity contribution in [3.8, 4) is 0 Å². The van der Waals surface area contributed by atoms with E-state index in [1.54, 1.807) is 4.68 Å². The molecule has 6 nitrogen and oxygen atoms in total. The van der Waals surface area contributed by atoms with Crippen LogP contribution in [0.15, 0.2) is 78.9 Å². The van der Waals surface area contributed by atoms with E-state index in [2.05, 4.69) is 20.9 Å². The first-order chi connectivity index (χ1) is 14.2. The van der Waals surface area contributed by atoms with Gasteiger partial charge in [0.15, 0.2) is 0 Å². The SMILES string of the molecule is Cc1ccc(NC(=O)C(Cc2ccccc2)NCn2nnc3ccccc32)cc1. The van der Waals surface area contributed by atoms with E-state index >= 15 is 0 Å². The van der Waals surface area contributed by atoms with Crippen molar-refractivity contribution >= 4 is 22.6 Å². The highest BCUT2D eigenvalue weighted by atomic mass is 16.2. The summed E-state index contributed by atoms with van der Waals surface area (Å²) in [5.74, 6) is -0.0814. The zero-order chi connectivity index (χ0) is 20.1. The number of amides is 1. The molecular weight excluding hydrogens is 362 g/mol. The number of carbonyl (C=O) groups is 1. The maximum absolute atomic E-state index is 13.0. The first-order valence-electron chi connectivity index (χ1n) is 9.62. The summed E-state index contributed by atoms with van der Waals surface area (Å²) in [7, 11) is 0. The van der Waals surface area contributed by atoms with Gasteiger partial charge >= 0.3 is 0 Å². The van der Waals surface area contributed by atoms with Gasteiger partial charge in [0.2, 0.25) is 5.91 Å². The molecule has 2 N–H and O–H groups in total. The Morgan fingerprint density at radius 2 is 1.69 bits per heavy atom. The van der Waals surface area contributed by atoms with Crippen LogP contribution < -0.4 is 10.6 Å². The summed E-state index contributed by atoms with van der Waals surface area (Å²) in [6.07, 6.45) is 0.575. The highest BCUT2D eigenvalue weighted by molar-refractivity contribution is 5.95. The van der Waals surface area contributed by atoms with Gasteiger partial charge < -0.3 is 5.32 Å². The average molecular weight is 385 g/mol. The summed E-state index contributed by atoms with van der Waals surface area (Å²) in [4.78, 5) is 13.0. The van der Waals surface area contributed by atoms with E-state index in [4.69, 9.17) is 0 Å². The molecule has 29 heavy (non-hydrogen) atoms. The molecule has 0 saturated heterocycles. The number of benzene rings is 3. The molecular formula is C23H23N5O. The Balaban J connectivity index is 1.51. The number of carbonyl (C=O) groups excluding carboxylic acids is 1. The number of nitrogens with one attached hydrogen (secondary N) is 2. The Labute approximate surface area is 169 Å². The number of rotatable bonds is 7. The minimum Gasteiger partial charge on any atom is -0.325 e. The van der Waals surface area contributed by atoms with Gasteiger partial charge in [0.1, 0.15) is 5.52 Å². The van der Waals surface area contributed by atoms with E-state index < -0.39 is 6.04 Å². The van der Waals surface area contributed by atoms with E-state index in [1.165, 1.54) is 0 Å². The van der Waals surface area contributed by atoms with Gasteiger partial charge in [-0.25, -0.2) is 4.68 Å². The summed E-state index contributed by atoms with van der Waals surface area (Å²) in [5, 5.41) is 14.7. The van der Waals surface area contributed by atoms with Gasteiger partial charge in [0.25, 0.3) is 0 Å². The normalized spacial score (nSPS) is 12.0. The Kier molecular flexibility index (Phi) is 5.63. The van der Waals surface area contributed by atoms with Crippen LogP contribution in [0.1, 0.15) is 11.1 Å². The molecule has 0 aliphatic rings. The lowest BCUT2D eigenvalue weighted by Crippen LogP contribution is -2.43. The quantitative estimate of drug-likeness (QED) is 0.510. The summed E-state index contributed by atoms with van der Waals surface area (Å²) >= 11 is 0.